The quantitative estimate of drug-likeness (QED) is 0.451. The summed E-state index contributed by atoms with van der Waals surface area (Å²) in [6.45, 7) is 1.99. The van der Waals surface area contributed by atoms with Crippen LogP contribution in [0.15, 0.2) is 29.8 Å². The number of benzene rings is 1. The first-order valence-electron chi connectivity index (χ1n) is 9.07. The Bertz CT molecular complexity index is 968. The van der Waals surface area contributed by atoms with E-state index in [0.29, 0.717) is 16.1 Å². The number of nitriles is 1. The van der Waals surface area contributed by atoms with E-state index in [1.165, 1.54) is 29.5 Å². The lowest BCUT2D eigenvalue weighted by Crippen LogP contribution is -2.16. The maximum atomic E-state index is 12.7. The fourth-order valence-electron chi connectivity index (χ4n) is 3.13. The zero-order chi connectivity index (χ0) is 20.1. The summed E-state index contributed by atoms with van der Waals surface area (Å²) in [7, 11) is 0. The van der Waals surface area contributed by atoms with E-state index in [4.69, 9.17) is 4.74 Å². The Hall–Kier alpha value is -3.11. The van der Waals surface area contributed by atoms with Crippen LogP contribution >= 0.6 is 11.3 Å². The smallest absolute Gasteiger partial charge is 0.341 e. The molecule has 0 spiro atoms. The summed E-state index contributed by atoms with van der Waals surface area (Å²) in [6.07, 6.45) is 5.13. The fraction of sp³-hybridized carbons (Fsp3) is 0.286. The normalized spacial score (nSPS) is 13.4. The van der Waals surface area contributed by atoms with Gasteiger partial charge in [-0.1, -0.05) is 12.1 Å². The molecule has 1 aromatic heterocycles. The van der Waals surface area contributed by atoms with Crippen LogP contribution in [0, 0.1) is 11.3 Å². The number of amides is 1. The molecule has 2 N–H and O–H groups in total. The Morgan fingerprint density at radius 3 is 2.68 bits per heavy atom. The van der Waals surface area contributed by atoms with Crippen molar-refractivity contribution in [2.24, 2.45) is 0 Å². The number of nitrogens with one attached hydrogen (secondary N) is 1. The Morgan fingerprint density at radius 2 is 2.00 bits per heavy atom. The first-order valence-corrected chi connectivity index (χ1v) is 9.89. The van der Waals surface area contributed by atoms with Crippen molar-refractivity contribution < 1.29 is 19.4 Å². The summed E-state index contributed by atoms with van der Waals surface area (Å²) < 4.78 is 5.18. The van der Waals surface area contributed by atoms with E-state index >= 15 is 0 Å². The minimum absolute atomic E-state index is 0.0909. The van der Waals surface area contributed by atoms with Gasteiger partial charge in [0, 0.05) is 4.88 Å². The minimum atomic E-state index is -0.584. The van der Waals surface area contributed by atoms with E-state index in [0.717, 1.165) is 36.1 Å². The number of anilines is 1. The van der Waals surface area contributed by atoms with Gasteiger partial charge in [-0.25, -0.2) is 4.79 Å². The molecule has 1 aliphatic rings. The minimum Gasteiger partial charge on any atom is -0.508 e. The third-order valence-corrected chi connectivity index (χ3v) is 5.65. The zero-order valence-electron chi connectivity index (χ0n) is 15.4. The largest absolute Gasteiger partial charge is 0.508 e. The lowest BCUT2D eigenvalue weighted by molar-refractivity contribution is -0.112. The second-order valence-electron chi connectivity index (χ2n) is 6.35. The third-order valence-electron chi connectivity index (χ3n) is 4.45. The van der Waals surface area contributed by atoms with Gasteiger partial charge in [0.25, 0.3) is 5.91 Å². The number of rotatable bonds is 5. The molecule has 2 aromatic rings. The van der Waals surface area contributed by atoms with Gasteiger partial charge in [-0.2, -0.15) is 5.26 Å². The molecule has 6 nitrogen and oxygen atoms in total. The first-order chi connectivity index (χ1) is 13.5. The molecular weight excluding hydrogens is 376 g/mol. The highest BCUT2D eigenvalue weighted by atomic mass is 32.1. The number of ether oxygens (including phenoxy) is 1. The van der Waals surface area contributed by atoms with Gasteiger partial charge in [0.1, 0.15) is 22.4 Å². The number of nitrogens with zero attached hydrogens (tertiary/aromatic N) is 1. The zero-order valence-corrected chi connectivity index (χ0v) is 16.3. The molecule has 0 aliphatic heterocycles. The number of carbonyl (C=O) groups excluding carboxylic acids is 2. The van der Waals surface area contributed by atoms with E-state index in [-0.39, 0.29) is 17.9 Å². The maximum absolute atomic E-state index is 12.7. The summed E-state index contributed by atoms with van der Waals surface area (Å²) in [5.74, 6) is -0.929. The van der Waals surface area contributed by atoms with Gasteiger partial charge in [0.15, 0.2) is 0 Å². The third kappa shape index (κ3) is 4.24. The van der Waals surface area contributed by atoms with Gasteiger partial charge in [0.05, 0.1) is 12.2 Å². The molecule has 0 saturated heterocycles. The molecule has 1 amide bonds. The molecular formula is C21H20N2O4S. The number of phenols is 1. The Morgan fingerprint density at radius 1 is 1.29 bits per heavy atom. The number of aromatic hydroxyl groups is 1. The molecule has 144 valence electrons. The summed E-state index contributed by atoms with van der Waals surface area (Å²) >= 11 is 1.38. The van der Waals surface area contributed by atoms with E-state index in [1.54, 1.807) is 19.1 Å². The van der Waals surface area contributed by atoms with Crippen molar-refractivity contribution in [3.8, 4) is 11.8 Å². The molecule has 1 aliphatic carbocycles. The average Bonchev–Trinajstić information content (AvgIpc) is 3.05. The van der Waals surface area contributed by atoms with Gasteiger partial charge in [-0.3, -0.25) is 4.79 Å². The van der Waals surface area contributed by atoms with Crippen molar-refractivity contribution in [1.29, 1.82) is 5.26 Å². The van der Waals surface area contributed by atoms with Crippen molar-refractivity contribution in [3.05, 3.63) is 51.4 Å². The summed E-state index contributed by atoms with van der Waals surface area (Å²) in [6, 6.07) is 8.06. The Labute approximate surface area is 167 Å². The van der Waals surface area contributed by atoms with E-state index in [1.807, 2.05) is 6.07 Å². The molecule has 0 fully saturated rings. The lowest BCUT2D eigenvalue weighted by atomic mass is 9.95. The molecule has 0 saturated carbocycles. The monoisotopic (exact) mass is 396 g/mol. The molecule has 0 radical (unpaired) electrons. The predicted molar refractivity (Wildman–Crippen MR) is 107 cm³/mol. The summed E-state index contributed by atoms with van der Waals surface area (Å²) in [5.41, 5.74) is 1.88. The molecule has 0 bridgehead atoms. The molecule has 1 heterocycles. The van der Waals surface area contributed by atoms with Crippen LogP contribution in [0.4, 0.5) is 5.00 Å². The Kier molecular flexibility index (Phi) is 6.12. The maximum Gasteiger partial charge on any atom is 0.341 e. The Balaban J connectivity index is 1.90. The highest BCUT2D eigenvalue weighted by Gasteiger charge is 2.27. The average molecular weight is 396 g/mol. The van der Waals surface area contributed by atoms with Gasteiger partial charge in [-0.05, 0) is 61.9 Å². The molecule has 28 heavy (non-hydrogen) atoms. The summed E-state index contributed by atoms with van der Waals surface area (Å²) in [5, 5.41) is 21.9. The number of thiophene rings is 1. The molecule has 7 heteroatoms. The number of phenolic OH excluding ortho intramolecular Hbond substituents is 1. The standard InChI is InChI=1S/C21H20N2O4S/c1-2-27-21(26)18-16-5-3-4-6-17(16)28-20(18)23-19(25)14(12-22)11-13-7-9-15(24)10-8-13/h7-11,24H,2-6H2,1H3,(H,23,25)/b14-11-. The van der Waals surface area contributed by atoms with Gasteiger partial charge >= 0.3 is 5.97 Å². The summed E-state index contributed by atoms with van der Waals surface area (Å²) in [4.78, 5) is 26.2. The lowest BCUT2D eigenvalue weighted by Gasteiger charge is -2.12. The van der Waals surface area contributed by atoms with Crippen molar-refractivity contribution in [2.75, 3.05) is 11.9 Å². The molecule has 0 unspecified atom stereocenters. The van der Waals surface area contributed by atoms with Crippen molar-refractivity contribution in [2.45, 2.75) is 32.6 Å². The fourth-order valence-corrected chi connectivity index (χ4v) is 4.40. The van der Waals surface area contributed by atoms with Crippen molar-refractivity contribution >= 4 is 34.3 Å². The molecule has 3 rings (SSSR count). The van der Waals surface area contributed by atoms with Crippen LogP contribution in [-0.2, 0) is 22.4 Å². The van der Waals surface area contributed by atoms with Crippen LogP contribution in [0.3, 0.4) is 0 Å². The van der Waals surface area contributed by atoms with Crippen LogP contribution in [0.5, 0.6) is 5.75 Å². The highest BCUT2D eigenvalue weighted by molar-refractivity contribution is 7.17. The second-order valence-corrected chi connectivity index (χ2v) is 7.46. The van der Waals surface area contributed by atoms with Crippen molar-refractivity contribution in [3.63, 3.8) is 0 Å². The van der Waals surface area contributed by atoms with Crippen LogP contribution < -0.4 is 5.32 Å². The SMILES string of the molecule is CCOC(=O)c1c(NC(=O)/C(C#N)=C\c2ccc(O)cc2)sc2c1CCCC2. The van der Waals surface area contributed by atoms with Crippen LogP contribution in [0.25, 0.3) is 6.08 Å². The topological polar surface area (TPSA) is 99.4 Å². The highest BCUT2D eigenvalue weighted by Crippen LogP contribution is 2.38. The van der Waals surface area contributed by atoms with Gasteiger partial charge in [0.2, 0.25) is 0 Å². The van der Waals surface area contributed by atoms with Crippen LogP contribution in [0.2, 0.25) is 0 Å². The predicted octanol–water partition coefficient (Wildman–Crippen LogP) is 4.05. The van der Waals surface area contributed by atoms with Crippen LogP contribution in [-0.4, -0.2) is 23.6 Å². The van der Waals surface area contributed by atoms with Gasteiger partial charge in [-0.15, -0.1) is 11.3 Å². The first kappa shape index (κ1) is 19.6. The number of aryl methyl sites for hydroxylation is 1. The molecule has 0 atom stereocenters. The number of fused-ring (bicyclic) bond motifs is 1. The second kappa shape index (κ2) is 8.72. The van der Waals surface area contributed by atoms with Gasteiger partial charge < -0.3 is 15.2 Å². The van der Waals surface area contributed by atoms with Crippen LogP contribution in [0.1, 0.15) is 46.1 Å². The number of hydrogen-bond donors (Lipinski definition) is 2. The number of esters is 1. The number of hydrogen-bond acceptors (Lipinski definition) is 6. The van der Waals surface area contributed by atoms with E-state index in [2.05, 4.69) is 5.32 Å². The van der Waals surface area contributed by atoms with Crippen molar-refractivity contribution in [1.82, 2.24) is 0 Å². The molecule has 1 aromatic carbocycles. The van der Waals surface area contributed by atoms with E-state index < -0.39 is 11.9 Å². The number of carbonyl (C=O) groups is 2. The van der Waals surface area contributed by atoms with E-state index in [9.17, 15) is 20.0 Å².